The van der Waals surface area contributed by atoms with Crippen LogP contribution in [0.1, 0.15) is 23.2 Å². The van der Waals surface area contributed by atoms with Gasteiger partial charge < -0.3 is 4.57 Å². The van der Waals surface area contributed by atoms with Gasteiger partial charge in [0.2, 0.25) is 10.0 Å². The summed E-state index contributed by atoms with van der Waals surface area (Å²) < 4.78 is 28.3. The first-order valence-corrected chi connectivity index (χ1v) is 13.4. The number of hydrogen-bond acceptors (Lipinski definition) is 4. The number of nitrogens with zero attached hydrogens (tertiary/aromatic N) is 2. The van der Waals surface area contributed by atoms with Crippen molar-refractivity contribution in [1.82, 2.24) is 8.87 Å². The summed E-state index contributed by atoms with van der Waals surface area (Å²) >= 11 is 0. The lowest BCUT2D eigenvalue weighted by Crippen LogP contribution is -2.30. The van der Waals surface area contributed by atoms with Crippen molar-refractivity contribution in [3.63, 3.8) is 0 Å². The Labute approximate surface area is 210 Å². The van der Waals surface area contributed by atoms with Gasteiger partial charge in [-0.3, -0.25) is 9.59 Å². The Kier molecular flexibility index (Phi) is 6.67. The van der Waals surface area contributed by atoms with E-state index in [4.69, 9.17) is 0 Å². The highest BCUT2D eigenvalue weighted by Gasteiger charge is 2.27. The zero-order chi connectivity index (χ0) is 25.1. The van der Waals surface area contributed by atoms with Gasteiger partial charge in [-0.05, 0) is 41.2 Å². The van der Waals surface area contributed by atoms with Crippen molar-refractivity contribution < 1.29 is 13.2 Å². The van der Waals surface area contributed by atoms with E-state index in [1.54, 1.807) is 12.1 Å². The van der Waals surface area contributed by atoms with E-state index in [9.17, 15) is 18.0 Å². The number of pyridine rings is 1. The highest BCUT2D eigenvalue weighted by Crippen LogP contribution is 2.25. The van der Waals surface area contributed by atoms with Crippen LogP contribution < -0.4 is 5.56 Å². The maximum Gasteiger partial charge on any atom is 0.251 e. The largest absolute Gasteiger partial charge is 0.306 e. The number of aromatic nitrogens is 1. The molecular weight excluding hydrogens is 472 g/mol. The van der Waals surface area contributed by atoms with Crippen LogP contribution in [0.3, 0.4) is 0 Å². The Bertz CT molecular complexity index is 1540. The number of carbonyl (C=O) groups excluding carboxylic acids is 1. The van der Waals surface area contributed by atoms with Crippen molar-refractivity contribution in [2.45, 2.75) is 24.3 Å². The average molecular weight is 499 g/mol. The Morgan fingerprint density at radius 1 is 0.694 bits per heavy atom. The van der Waals surface area contributed by atoms with Crippen LogP contribution >= 0.6 is 0 Å². The number of benzene rings is 3. The fraction of sp³-hybridized carbons (Fsp3) is 0.172. The lowest BCUT2D eigenvalue weighted by molar-refractivity contribution is 0.0970. The zero-order valence-corrected chi connectivity index (χ0v) is 20.5. The Morgan fingerprint density at radius 3 is 1.81 bits per heavy atom. The molecule has 1 fully saturated rings. The molecule has 1 aromatic heterocycles. The molecule has 0 atom stereocenters. The van der Waals surface area contributed by atoms with E-state index in [1.165, 1.54) is 27.2 Å². The third kappa shape index (κ3) is 4.94. The molecule has 0 aliphatic carbocycles. The quantitative estimate of drug-likeness (QED) is 0.341. The van der Waals surface area contributed by atoms with Gasteiger partial charge in [0.05, 0.1) is 11.4 Å². The molecule has 5 rings (SSSR count). The fourth-order valence-electron chi connectivity index (χ4n) is 4.44. The third-order valence-corrected chi connectivity index (χ3v) is 8.39. The van der Waals surface area contributed by atoms with Crippen molar-refractivity contribution >= 4 is 15.8 Å². The second kappa shape index (κ2) is 10.0. The van der Waals surface area contributed by atoms with Gasteiger partial charge in [-0.25, -0.2) is 8.42 Å². The van der Waals surface area contributed by atoms with Crippen molar-refractivity contribution in [3.05, 3.63) is 113 Å². The third-order valence-electron chi connectivity index (χ3n) is 6.51. The van der Waals surface area contributed by atoms with Gasteiger partial charge in [0.25, 0.3) is 5.56 Å². The minimum absolute atomic E-state index is 0.0334. The molecule has 3 aromatic carbocycles. The minimum Gasteiger partial charge on any atom is -0.306 e. The van der Waals surface area contributed by atoms with Crippen LogP contribution in [-0.2, 0) is 16.6 Å². The predicted molar refractivity (Wildman–Crippen MR) is 140 cm³/mol. The van der Waals surface area contributed by atoms with Crippen LogP contribution in [0.5, 0.6) is 0 Å². The molecule has 4 aromatic rings. The van der Waals surface area contributed by atoms with E-state index in [0.717, 1.165) is 35.1 Å². The maximum atomic E-state index is 12.9. The van der Waals surface area contributed by atoms with Gasteiger partial charge in [0, 0.05) is 30.9 Å². The first-order valence-electron chi connectivity index (χ1n) is 11.9. The normalized spacial score (nSPS) is 14.1. The molecule has 0 radical (unpaired) electrons. The summed E-state index contributed by atoms with van der Waals surface area (Å²) in [5.74, 6) is -0.265. The van der Waals surface area contributed by atoms with E-state index >= 15 is 0 Å². The van der Waals surface area contributed by atoms with E-state index < -0.39 is 15.6 Å². The molecule has 6 nitrogen and oxygen atoms in total. The van der Waals surface area contributed by atoms with Crippen molar-refractivity contribution in [2.24, 2.45) is 0 Å². The van der Waals surface area contributed by atoms with Crippen molar-refractivity contribution in [3.8, 4) is 22.3 Å². The molecule has 0 bridgehead atoms. The zero-order valence-electron chi connectivity index (χ0n) is 19.7. The number of carbonyl (C=O) groups is 1. The summed E-state index contributed by atoms with van der Waals surface area (Å²) in [7, 11) is -3.67. The minimum atomic E-state index is -3.67. The Morgan fingerprint density at radius 2 is 1.22 bits per heavy atom. The van der Waals surface area contributed by atoms with Crippen LogP contribution in [0, 0.1) is 0 Å². The Balaban J connectivity index is 1.31. The lowest BCUT2D eigenvalue weighted by Gasteiger charge is -2.16. The summed E-state index contributed by atoms with van der Waals surface area (Å²) in [6, 6.07) is 28.1. The molecular formula is C29H26N2O4S. The molecule has 0 spiro atoms. The standard InChI is InChI=1S/C29H26N2O4S/c32-28(21-30-20-27(16-17-29(30)33)36(34,35)31-18-4-5-19-31)26-14-12-25(13-15-26)24-10-8-23(9-11-24)22-6-2-1-3-7-22/h1-3,6-17,20H,4-5,18-19,21H2. The second-order valence-electron chi connectivity index (χ2n) is 8.89. The van der Waals surface area contributed by atoms with E-state index in [0.29, 0.717) is 18.7 Å². The molecule has 1 aliphatic heterocycles. The summed E-state index contributed by atoms with van der Waals surface area (Å²) in [5.41, 5.74) is 4.33. The van der Waals surface area contributed by atoms with Crippen molar-refractivity contribution in [1.29, 1.82) is 0 Å². The van der Waals surface area contributed by atoms with Crippen LogP contribution in [0.2, 0.25) is 0 Å². The van der Waals surface area contributed by atoms with Gasteiger partial charge in [0.1, 0.15) is 0 Å². The van der Waals surface area contributed by atoms with Crippen LogP contribution in [0.15, 0.2) is 107 Å². The van der Waals surface area contributed by atoms with Crippen LogP contribution in [0.25, 0.3) is 22.3 Å². The number of sulfonamides is 1. The molecule has 0 amide bonds. The first kappa shape index (κ1) is 23.9. The molecule has 7 heteroatoms. The highest BCUT2D eigenvalue weighted by atomic mass is 32.2. The summed E-state index contributed by atoms with van der Waals surface area (Å²) in [5, 5.41) is 0. The number of Topliss-reactive ketones (excluding diaryl/α,β-unsaturated/α-hetero) is 1. The summed E-state index contributed by atoms with van der Waals surface area (Å²) in [4.78, 5) is 25.3. The monoisotopic (exact) mass is 498 g/mol. The van der Waals surface area contributed by atoms with Crippen LogP contribution in [-0.4, -0.2) is 36.2 Å². The Hall–Kier alpha value is -3.81. The molecule has 36 heavy (non-hydrogen) atoms. The SMILES string of the molecule is O=C(Cn1cc(S(=O)(=O)N2CCCC2)ccc1=O)c1ccc(-c2ccc(-c3ccccc3)cc2)cc1. The summed E-state index contributed by atoms with van der Waals surface area (Å²) in [6.07, 6.45) is 2.92. The summed E-state index contributed by atoms with van der Waals surface area (Å²) in [6.45, 7) is 0.719. The second-order valence-corrected chi connectivity index (χ2v) is 10.8. The molecule has 0 saturated carbocycles. The van der Waals surface area contributed by atoms with E-state index in [2.05, 4.69) is 24.3 Å². The number of hydrogen-bond donors (Lipinski definition) is 0. The molecule has 1 saturated heterocycles. The fourth-order valence-corrected chi connectivity index (χ4v) is 5.98. The smallest absolute Gasteiger partial charge is 0.251 e. The highest BCUT2D eigenvalue weighted by molar-refractivity contribution is 7.89. The van der Waals surface area contributed by atoms with Gasteiger partial charge in [-0.2, -0.15) is 4.31 Å². The van der Waals surface area contributed by atoms with Gasteiger partial charge in [-0.15, -0.1) is 0 Å². The molecule has 182 valence electrons. The number of ketones is 1. The predicted octanol–water partition coefficient (Wildman–Crippen LogP) is 4.85. The van der Waals surface area contributed by atoms with Crippen LogP contribution in [0.4, 0.5) is 0 Å². The van der Waals surface area contributed by atoms with Gasteiger partial charge in [0.15, 0.2) is 5.78 Å². The molecule has 2 heterocycles. The maximum absolute atomic E-state index is 12.9. The molecule has 1 aliphatic rings. The van der Waals surface area contributed by atoms with E-state index in [1.807, 2.05) is 42.5 Å². The lowest BCUT2D eigenvalue weighted by atomic mass is 9.99. The first-order chi connectivity index (χ1) is 17.4. The van der Waals surface area contributed by atoms with E-state index in [-0.39, 0.29) is 17.2 Å². The topological polar surface area (TPSA) is 76.5 Å². The van der Waals surface area contributed by atoms with Gasteiger partial charge in [-0.1, -0.05) is 78.9 Å². The van der Waals surface area contributed by atoms with Crippen molar-refractivity contribution in [2.75, 3.05) is 13.1 Å². The van der Waals surface area contributed by atoms with Gasteiger partial charge >= 0.3 is 0 Å². The number of rotatable bonds is 7. The molecule has 0 unspecified atom stereocenters. The average Bonchev–Trinajstić information content (AvgIpc) is 3.47. The molecule has 0 N–H and O–H groups in total.